The van der Waals surface area contributed by atoms with E-state index in [-0.39, 0.29) is 0 Å². The van der Waals surface area contributed by atoms with Crippen molar-refractivity contribution in [1.29, 1.82) is 0 Å². The van der Waals surface area contributed by atoms with E-state index in [1.807, 2.05) is 25.1 Å². The number of aliphatic carboxylic acids is 1. The summed E-state index contributed by atoms with van der Waals surface area (Å²) in [6, 6.07) is 5.67. The van der Waals surface area contributed by atoms with E-state index in [4.69, 9.17) is 0 Å². The molecule has 20 heavy (non-hydrogen) atoms. The number of carbonyl (C=O) groups is 1. The minimum Gasteiger partial charge on any atom is -0.479 e. The van der Waals surface area contributed by atoms with Crippen LogP contribution in [0.2, 0.25) is 0 Å². The normalized spacial score (nSPS) is 14.0. The number of carboxylic acid groups (broad SMARTS) is 1. The Morgan fingerprint density at radius 3 is 2.80 bits per heavy atom. The summed E-state index contributed by atoms with van der Waals surface area (Å²) in [5, 5.41) is 21.0. The van der Waals surface area contributed by atoms with Crippen LogP contribution in [0.25, 0.3) is 11.4 Å². The third kappa shape index (κ3) is 2.22. The molecule has 0 aliphatic rings. The van der Waals surface area contributed by atoms with E-state index in [2.05, 4.69) is 31.5 Å². The van der Waals surface area contributed by atoms with Gasteiger partial charge in [0.1, 0.15) is 0 Å². The molecule has 0 bridgehead atoms. The van der Waals surface area contributed by atoms with Crippen molar-refractivity contribution in [2.45, 2.75) is 32.7 Å². The summed E-state index contributed by atoms with van der Waals surface area (Å²) in [5.41, 5.74) is 0.603. The molecule has 0 amide bonds. The lowest BCUT2D eigenvalue weighted by molar-refractivity contribution is -0.147. The molecular formula is C13H15BrN4O2. The topological polar surface area (TPSA) is 80.9 Å². The van der Waals surface area contributed by atoms with Gasteiger partial charge in [0, 0.05) is 10.0 Å². The Kier molecular flexibility index (Phi) is 3.89. The smallest absolute Gasteiger partial charge is 0.331 e. The Hall–Kier alpha value is -1.76. The lowest BCUT2D eigenvalue weighted by Gasteiger charge is -2.24. The van der Waals surface area contributed by atoms with E-state index in [0.29, 0.717) is 12.2 Å². The van der Waals surface area contributed by atoms with Crippen LogP contribution in [0.1, 0.15) is 25.8 Å². The highest BCUT2D eigenvalue weighted by Gasteiger charge is 2.37. The summed E-state index contributed by atoms with van der Waals surface area (Å²) in [5.74, 6) is -0.503. The van der Waals surface area contributed by atoms with Gasteiger partial charge in [-0.15, -0.1) is 5.10 Å². The molecule has 106 valence electrons. The molecular weight excluding hydrogens is 324 g/mol. The number of hydrogen-bond acceptors (Lipinski definition) is 4. The van der Waals surface area contributed by atoms with Gasteiger partial charge in [-0.25, -0.2) is 9.48 Å². The van der Waals surface area contributed by atoms with Crippen molar-refractivity contribution in [3.8, 4) is 11.4 Å². The van der Waals surface area contributed by atoms with Crippen molar-refractivity contribution in [2.75, 3.05) is 0 Å². The largest absolute Gasteiger partial charge is 0.479 e. The fourth-order valence-electron chi connectivity index (χ4n) is 1.93. The van der Waals surface area contributed by atoms with Gasteiger partial charge < -0.3 is 5.11 Å². The van der Waals surface area contributed by atoms with E-state index in [1.165, 1.54) is 4.68 Å². The molecule has 0 saturated carbocycles. The van der Waals surface area contributed by atoms with Crippen LogP contribution in [0.5, 0.6) is 0 Å². The maximum atomic E-state index is 11.6. The fraction of sp³-hybridized carbons (Fsp3) is 0.385. The standard InChI is InChI=1S/C13H15BrN4O2/c1-4-13(3,12(19)20)18-11(15-16-17-18)9-6-5-7-10(14)8(9)2/h5-7H,4H2,1-3H3,(H,19,20). The molecule has 0 aliphatic heterocycles. The van der Waals surface area contributed by atoms with Gasteiger partial charge in [0.15, 0.2) is 11.4 Å². The first-order valence-electron chi connectivity index (χ1n) is 6.19. The van der Waals surface area contributed by atoms with Gasteiger partial charge in [-0.1, -0.05) is 35.0 Å². The number of benzene rings is 1. The van der Waals surface area contributed by atoms with Gasteiger partial charge >= 0.3 is 5.97 Å². The number of tetrazole rings is 1. The van der Waals surface area contributed by atoms with Crippen molar-refractivity contribution in [1.82, 2.24) is 20.2 Å². The molecule has 7 heteroatoms. The van der Waals surface area contributed by atoms with E-state index in [0.717, 1.165) is 15.6 Å². The van der Waals surface area contributed by atoms with E-state index < -0.39 is 11.5 Å². The lowest BCUT2D eigenvalue weighted by Crippen LogP contribution is -2.39. The molecule has 1 N–H and O–H groups in total. The van der Waals surface area contributed by atoms with Gasteiger partial charge in [0.05, 0.1) is 0 Å². The summed E-state index contributed by atoms with van der Waals surface area (Å²) >= 11 is 3.46. The van der Waals surface area contributed by atoms with E-state index >= 15 is 0 Å². The number of rotatable bonds is 4. The first-order valence-corrected chi connectivity index (χ1v) is 6.99. The second-order valence-corrected chi connectivity index (χ2v) is 5.61. The molecule has 1 aromatic heterocycles. The molecule has 6 nitrogen and oxygen atoms in total. The zero-order valence-electron chi connectivity index (χ0n) is 11.5. The third-order valence-corrected chi connectivity index (χ3v) is 4.45. The number of nitrogens with zero attached hydrogens (tertiary/aromatic N) is 4. The molecule has 1 aromatic carbocycles. The second-order valence-electron chi connectivity index (χ2n) is 4.76. The minimum absolute atomic E-state index is 0.382. The Balaban J connectivity index is 2.65. The monoisotopic (exact) mass is 338 g/mol. The van der Waals surface area contributed by atoms with Crippen molar-refractivity contribution >= 4 is 21.9 Å². The van der Waals surface area contributed by atoms with Crippen LogP contribution >= 0.6 is 15.9 Å². The molecule has 0 fully saturated rings. The highest BCUT2D eigenvalue weighted by Crippen LogP contribution is 2.30. The number of carboxylic acids is 1. The molecule has 1 atom stereocenters. The third-order valence-electron chi connectivity index (χ3n) is 3.59. The predicted octanol–water partition coefficient (Wildman–Crippen LogP) is 2.62. The average Bonchev–Trinajstić information content (AvgIpc) is 2.90. The maximum absolute atomic E-state index is 11.6. The molecule has 2 aromatic rings. The van der Waals surface area contributed by atoms with Crippen molar-refractivity contribution in [3.05, 3.63) is 28.2 Å². The van der Waals surface area contributed by atoms with Crippen LogP contribution in [0.15, 0.2) is 22.7 Å². The van der Waals surface area contributed by atoms with Gasteiger partial charge in [-0.3, -0.25) is 0 Å². The summed E-state index contributed by atoms with van der Waals surface area (Å²) in [4.78, 5) is 11.6. The molecule has 1 heterocycles. The quantitative estimate of drug-likeness (QED) is 0.926. The minimum atomic E-state index is -1.17. The number of halogens is 1. The van der Waals surface area contributed by atoms with E-state index in [9.17, 15) is 9.90 Å². The summed E-state index contributed by atoms with van der Waals surface area (Å²) in [6.45, 7) is 5.35. The van der Waals surface area contributed by atoms with Crippen LogP contribution < -0.4 is 0 Å². The number of hydrogen-bond donors (Lipinski definition) is 1. The molecule has 1 unspecified atom stereocenters. The van der Waals surface area contributed by atoms with E-state index in [1.54, 1.807) is 13.8 Å². The predicted molar refractivity (Wildman–Crippen MR) is 77.3 cm³/mol. The van der Waals surface area contributed by atoms with Crippen molar-refractivity contribution in [3.63, 3.8) is 0 Å². The fourth-order valence-corrected chi connectivity index (χ4v) is 2.29. The molecule has 2 rings (SSSR count). The second kappa shape index (κ2) is 5.32. The van der Waals surface area contributed by atoms with Crippen LogP contribution in [-0.2, 0) is 10.3 Å². The average molecular weight is 339 g/mol. The lowest BCUT2D eigenvalue weighted by atomic mass is 9.98. The van der Waals surface area contributed by atoms with Crippen LogP contribution in [0.3, 0.4) is 0 Å². The molecule has 0 spiro atoms. The Morgan fingerprint density at radius 2 is 2.20 bits per heavy atom. The first-order chi connectivity index (χ1) is 9.41. The Morgan fingerprint density at radius 1 is 1.50 bits per heavy atom. The van der Waals surface area contributed by atoms with Crippen molar-refractivity contribution < 1.29 is 9.90 Å². The highest BCUT2D eigenvalue weighted by molar-refractivity contribution is 9.10. The van der Waals surface area contributed by atoms with Gasteiger partial charge in [0.25, 0.3) is 0 Å². The molecule has 0 radical (unpaired) electrons. The molecule has 0 aliphatic carbocycles. The van der Waals surface area contributed by atoms with Gasteiger partial charge in [-0.2, -0.15) is 0 Å². The Bertz CT molecular complexity index is 656. The zero-order valence-corrected chi connectivity index (χ0v) is 13.0. The summed E-state index contributed by atoms with van der Waals surface area (Å²) in [6.07, 6.45) is 0.382. The Labute approximate surface area is 124 Å². The maximum Gasteiger partial charge on any atom is 0.331 e. The SMILES string of the molecule is CCC(C)(C(=O)O)n1nnnc1-c1cccc(Br)c1C. The summed E-state index contributed by atoms with van der Waals surface area (Å²) < 4.78 is 2.31. The van der Waals surface area contributed by atoms with Crippen LogP contribution in [0.4, 0.5) is 0 Å². The van der Waals surface area contributed by atoms with Crippen LogP contribution in [0, 0.1) is 6.92 Å². The van der Waals surface area contributed by atoms with Crippen molar-refractivity contribution in [2.24, 2.45) is 0 Å². The summed E-state index contributed by atoms with van der Waals surface area (Å²) in [7, 11) is 0. The van der Waals surface area contributed by atoms with Gasteiger partial charge in [0.2, 0.25) is 0 Å². The number of aromatic nitrogens is 4. The zero-order chi connectivity index (χ0) is 14.9. The van der Waals surface area contributed by atoms with Crippen LogP contribution in [-0.4, -0.2) is 31.3 Å². The molecule has 0 saturated heterocycles. The highest BCUT2D eigenvalue weighted by atomic mass is 79.9. The van der Waals surface area contributed by atoms with Gasteiger partial charge in [-0.05, 0) is 42.3 Å². The first kappa shape index (κ1) is 14.6.